The van der Waals surface area contributed by atoms with Crippen LogP contribution in [0.5, 0.6) is 0 Å². The number of alkyl halides is 3. The molecule has 0 aliphatic heterocycles. The molecule has 0 bridgehead atoms. The number of nitro groups is 1. The highest BCUT2D eigenvalue weighted by Gasteiger charge is 2.35. The Morgan fingerprint density at radius 2 is 2.00 bits per heavy atom. The molecule has 5 nitrogen and oxygen atoms in total. The van der Waals surface area contributed by atoms with Crippen molar-refractivity contribution in [3.05, 3.63) is 33.9 Å². The summed E-state index contributed by atoms with van der Waals surface area (Å²) in [7, 11) is 3.59. The highest BCUT2D eigenvalue weighted by atomic mass is 19.4. The molecule has 0 aliphatic carbocycles. The van der Waals surface area contributed by atoms with Gasteiger partial charge in [0.1, 0.15) is 0 Å². The summed E-state index contributed by atoms with van der Waals surface area (Å²) in [5.74, 6) is 0. The fourth-order valence-corrected chi connectivity index (χ4v) is 1.45. The van der Waals surface area contributed by atoms with Crippen molar-refractivity contribution in [3.8, 4) is 0 Å². The van der Waals surface area contributed by atoms with E-state index in [0.29, 0.717) is 19.2 Å². The zero-order chi connectivity index (χ0) is 14.6. The van der Waals surface area contributed by atoms with Crippen LogP contribution in [0.3, 0.4) is 0 Å². The van der Waals surface area contributed by atoms with Crippen molar-refractivity contribution in [2.45, 2.75) is 6.18 Å². The van der Waals surface area contributed by atoms with E-state index in [1.165, 1.54) is 0 Å². The maximum absolute atomic E-state index is 12.8. The van der Waals surface area contributed by atoms with Gasteiger partial charge in [-0.05, 0) is 20.2 Å². The van der Waals surface area contributed by atoms with Crippen molar-refractivity contribution in [1.82, 2.24) is 4.90 Å². The molecule has 0 radical (unpaired) electrons. The Hall–Kier alpha value is -1.83. The number of nitrogens with one attached hydrogen (secondary N) is 1. The van der Waals surface area contributed by atoms with Crippen LogP contribution >= 0.6 is 0 Å². The minimum atomic E-state index is -4.63. The molecule has 0 fully saturated rings. The smallest absolute Gasteiger partial charge is 0.383 e. The van der Waals surface area contributed by atoms with Gasteiger partial charge in [-0.3, -0.25) is 10.1 Å². The van der Waals surface area contributed by atoms with E-state index in [2.05, 4.69) is 5.32 Å². The van der Waals surface area contributed by atoms with Crippen molar-refractivity contribution < 1.29 is 18.1 Å². The quantitative estimate of drug-likeness (QED) is 0.664. The highest BCUT2D eigenvalue weighted by molar-refractivity contribution is 5.57. The average molecular weight is 277 g/mol. The van der Waals surface area contributed by atoms with Crippen molar-refractivity contribution in [3.63, 3.8) is 0 Å². The van der Waals surface area contributed by atoms with Crippen molar-refractivity contribution >= 4 is 11.4 Å². The van der Waals surface area contributed by atoms with Crippen LogP contribution in [0, 0.1) is 10.1 Å². The number of anilines is 1. The summed E-state index contributed by atoms with van der Waals surface area (Å²) >= 11 is 0. The van der Waals surface area contributed by atoms with Gasteiger partial charge in [0.15, 0.2) is 0 Å². The van der Waals surface area contributed by atoms with Crippen LogP contribution in [0.4, 0.5) is 24.5 Å². The van der Waals surface area contributed by atoms with Gasteiger partial charge in [-0.15, -0.1) is 0 Å². The Bertz CT molecular complexity index is 461. The summed E-state index contributed by atoms with van der Waals surface area (Å²) in [6.45, 7) is 0.863. The molecule has 19 heavy (non-hydrogen) atoms. The van der Waals surface area contributed by atoms with Crippen LogP contribution in [0.25, 0.3) is 0 Å². The lowest BCUT2D eigenvalue weighted by Gasteiger charge is -2.16. The minimum Gasteiger partial charge on any atom is -0.383 e. The van der Waals surface area contributed by atoms with Gasteiger partial charge in [0.05, 0.1) is 10.5 Å². The average Bonchev–Trinajstić information content (AvgIpc) is 2.27. The maximum atomic E-state index is 12.8. The number of nitrogens with zero attached hydrogens (tertiary/aromatic N) is 2. The fraction of sp³-hybridized carbons (Fsp3) is 0.455. The lowest BCUT2D eigenvalue weighted by Crippen LogP contribution is -2.22. The second-order valence-corrected chi connectivity index (χ2v) is 4.21. The Kier molecular flexibility index (Phi) is 4.71. The maximum Gasteiger partial charge on any atom is 0.418 e. The van der Waals surface area contributed by atoms with Gasteiger partial charge in [0.2, 0.25) is 0 Å². The molecule has 0 aliphatic rings. The molecule has 0 saturated carbocycles. The Morgan fingerprint density at radius 3 is 2.47 bits per heavy atom. The van der Waals surface area contributed by atoms with Crippen LogP contribution in [0.15, 0.2) is 18.2 Å². The van der Waals surface area contributed by atoms with Gasteiger partial charge >= 0.3 is 6.18 Å². The van der Waals surface area contributed by atoms with Crippen LogP contribution in [-0.2, 0) is 6.18 Å². The molecule has 106 valence electrons. The first kappa shape index (κ1) is 15.2. The molecule has 0 unspecified atom stereocenters. The largest absolute Gasteiger partial charge is 0.418 e. The fourth-order valence-electron chi connectivity index (χ4n) is 1.45. The van der Waals surface area contributed by atoms with E-state index in [1.54, 1.807) is 14.1 Å². The van der Waals surface area contributed by atoms with Gasteiger partial charge in [-0.1, -0.05) is 0 Å². The van der Waals surface area contributed by atoms with Crippen molar-refractivity contribution in [1.29, 1.82) is 0 Å². The zero-order valence-electron chi connectivity index (χ0n) is 10.5. The number of non-ortho nitro benzene ring substituents is 1. The number of rotatable bonds is 5. The predicted octanol–water partition coefficient (Wildman–Crippen LogP) is 2.59. The normalized spacial score (nSPS) is 11.7. The van der Waals surface area contributed by atoms with E-state index in [-0.39, 0.29) is 5.69 Å². The lowest BCUT2D eigenvalue weighted by molar-refractivity contribution is -0.385. The summed E-state index contributed by atoms with van der Waals surface area (Å²) < 4.78 is 38.4. The molecule has 0 amide bonds. The highest BCUT2D eigenvalue weighted by Crippen LogP contribution is 2.36. The van der Waals surface area contributed by atoms with Crippen LogP contribution in [0.1, 0.15) is 5.56 Å². The number of benzene rings is 1. The predicted molar refractivity (Wildman–Crippen MR) is 65.1 cm³/mol. The number of hydrogen-bond acceptors (Lipinski definition) is 4. The molecule has 1 aromatic carbocycles. The van der Waals surface area contributed by atoms with Gasteiger partial charge in [0.25, 0.3) is 5.69 Å². The first-order chi connectivity index (χ1) is 8.71. The third kappa shape index (κ3) is 4.40. The Balaban J connectivity index is 3.00. The van der Waals surface area contributed by atoms with E-state index in [9.17, 15) is 23.3 Å². The monoisotopic (exact) mass is 277 g/mol. The number of halogens is 3. The topological polar surface area (TPSA) is 58.4 Å². The standard InChI is InChI=1S/C11H14F3N3O2/c1-16(2)6-5-15-10-4-3-8(17(18)19)7-9(10)11(12,13)14/h3-4,7,15H,5-6H2,1-2H3. The Morgan fingerprint density at radius 1 is 1.37 bits per heavy atom. The number of hydrogen-bond donors (Lipinski definition) is 1. The SMILES string of the molecule is CN(C)CCNc1ccc([N+](=O)[O-])cc1C(F)(F)F. The summed E-state index contributed by atoms with van der Waals surface area (Å²) in [6.07, 6.45) is -4.63. The molecule has 1 rings (SSSR count). The molecule has 0 saturated heterocycles. The summed E-state index contributed by atoms with van der Waals surface area (Å²) in [6, 6.07) is 2.67. The van der Waals surface area contributed by atoms with Gasteiger partial charge in [-0.2, -0.15) is 13.2 Å². The third-order valence-corrected chi connectivity index (χ3v) is 2.39. The summed E-state index contributed by atoms with van der Waals surface area (Å²) in [4.78, 5) is 11.5. The zero-order valence-corrected chi connectivity index (χ0v) is 10.5. The van der Waals surface area contributed by atoms with E-state index >= 15 is 0 Å². The van der Waals surface area contributed by atoms with Crippen LogP contribution in [-0.4, -0.2) is 37.0 Å². The van der Waals surface area contributed by atoms with Crippen molar-refractivity contribution in [2.75, 3.05) is 32.5 Å². The molecule has 8 heteroatoms. The van der Waals surface area contributed by atoms with Gasteiger partial charge < -0.3 is 10.2 Å². The lowest BCUT2D eigenvalue weighted by atomic mass is 10.1. The molecule has 1 aromatic rings. The minimum absolute atomic E-state index is 0.153. The van der Waals surface area contributed by atoms with E-state index in [1.807, 2.05) is 4.90 Å². The van der Waals surface area contributed by atoms with E-state index in [4.69, 9.17) is 0 Å². The molecular weight excluding hydrogens is 263 g/mol. The van der Waals surface area contributed by atoms with Crippen molar-refractivity contribution in [2.24, 2.45) is 0 Å². The van der Waals surface area contributed by atoms with Gasteiger partial charge in [0, 0.05) is 30.9 Å². The van der Waals surface area contributed by atoms with E-state index in [0.717, 1.165) is 12.1 Å². The second-order valence-electron chi connectivity index (χ2n) is 4.21. The van der Waals surface area contributed by atoms with E-state index < -0.39 is 22.4 Å². The molecule has 0 aromatic heterocycles. The number of likely N-dealkylation sites (N-methyl/N-ethyl adjacent to an activating group) is 1. The third-order valence-electron chi connectivity index (χ3n) is 2.39. The molecule has 0 spiro atoms. The van der Waals surface area contributed by atoms with Crippen LogP contribution < -0.4 is 5.32 Å². The molecule has 1 N–H and O–H groups in total. The molecule has 0 heterocycles. The molecule has 0 atom stereocenters. The Labute approximate surface area is 108 Å². The molecular formula is C11H14F3N3O2. The number of nitro benzene ring substituents is 1. The summed E-state index contributed by atoms with van der Waals surface area (Å²) in [5.41, 5.74) is -1.76. The first-order valence-electron chi connectivity index (χ1n) is 5.46. The van der Waals surface area contributed by atoms with Gasteiger partial charge in [-0.25, -0.2) is 0 Å². The second kappa shape index (κ2) is 5.87. The van der Waals surface area contributed by atoms with Crippen LogP contribution in [0.2, 0.25) is 0 Å². The summed E-state index contributed by atoms with van der Waals surface area (Å²) in [5, 5.41) is 13.1. The first-order valence-corrected chi connectivity index (χ1v) is 5.46.